The van der Waals surface area contributed by atoms with Crippen LogP contribution in [0.15, 0.2) is 47.4 Å². The topological polar surface area (TPSA) is 66.5 Å². The Balaban J connectivity index is 1.71. The Kier molecular flexibility index (Phi) is 5.44. The molecule has 0 radical (unpaired) electrons. The first-order valence-corrected chi connectivity index (χ1v) is 10.3. The summed E-state index contributed by atoms with van der Waals surface area (Å²) in [5.74, 6) is -0.0159. The zero-order chi connectivity index (χ0) is 18.7. The number of anilines is 1. The summed E-state index contributed by atoms with van der Waals surface area (Å²) in [6, 6.07) is 13.1. The van der Waals surface area contributed by atoms with Gasteiger partial charge in [-0.2, -0.15) is 0 Å². The normalized spacial score (nSPS) is 14.2. The Labute approximate surface area is 155 Å². The molecule has 1 aliphatic heterocycles. The van der Waals surface area contributed by atoms with Crippen molar-refractivity contribution in [2.24, 2.45) is 0 Å². The molecule has 3 rings (SSSR count). The maximum Gasteiger partial charge on any atom is 0.240 e. The second-order valence-electron chi connectivity index (χ2n) is 6.70. The molecule has 2 aromatic carbocycles. The number of hydrogen-bond donors (Lipinski definition) is 1. The molecule has 1 aliphatic rings. The summed E-state index contributed by atoms with van der Waals surface area (Å²) in [4.78, 5) is 13.7. The van der Waals surface area contributed by atoms with Crippen molar-refractivity contribution < 1.29 is 13.2 Å². The van der Waals surface area contributed by atoms with Gasteiger partial charge in [-0.25, -0.2) is 13.1 Å². The monoisotopic (exact) mass is 372 g/mol. The van der Waals surface area contributed by atoms with Crippen LogP contribution in [0.5, 0.6) is 0 Å². The predicted molar refractivity (Wildman–Crippen MR) is 103 cm³/mol. The molecular weight excluding hydrogens is 348 g/mol. The summed E-state index contributed by atoms with van der Waals surface area (Å²) >= 11 is 0. The van der Waals surface area contributed by atoms with Crippen LogP contribution in [0.25, 0.3) is 0 Å². The van der Waals surface area contributed by atoms with Gasteiger partial charge in [0.1, 0.15) is 0 Å². The number of rotatable bonds is 5. The van der Waals surface area contributed by atoms with Crippen molar-refractivity contribution in [1.82, 2.24) is 4.72 Å². The van der Waals surface area contributed by atoms with Gasteiger partial charge in [0.15, 0.2) is 0 Å². The van der Waals surface area contributed by atoms with Crippen molar-refractivity contribution >= 4 is 21.6 Å². The van der Waals surface area contributed by atoms with Crippen LogP contribution in [0.4, 0.5) is 5.69 Å². The van der Waals surface area contributed by atoms with Crippen LogP contribution in [-0.2, 0) is 27.7 Å². The quantitative estimate of drug-likeness (QED) is 0.878. The minimum Gasteiger partial charge on any atom is -0.312 e. The van der Waals surface area contributed by atoms with Gasteiger partial charge in [-0.1, -0.05) is 29.8 Å². The summed E-state index contributed by atoms with van der Waals surface area (Å²) in [7, 11) is -3.56. The molecule has 0 atom stereocenters. The first-order valence-electron chi connectivity index (χ1n) is 8.83. The zero-order valence-corrected chi connectivity index (χ0v) is 16.0. The fourth-order valence-corrected chi connectivity index (χ4v) is 4.32. The van der Waals surface area contributed by atoms with Gasteiger partial charge in [0.25, 0.3) is 0 Å². The molecule has 0 aromatic heterocycles. The minimum absolute atomic E-state index is 0.0159. The van der Waals surface area contributed by atoms with Crippen molar-refractivity contribution in [2.45, 2.75) is 38.0 Å². The van der Waals surface area contributed by atoms with E-state index in [2.05, 4.69) is 4.72 Å². The van der Waals surface area contributed by atoms with E-state index < -0.39 is 10.0 Å². The molecule has 138 valence electrons. The van der Waals surface area contributed by atoms with Crippen LogP contribution in [0.1, 0.15) is 30.0 Å². The second-order valence-corrected chi connectivity index (χ2v) is 8.47. The van der Waals surface area contributed by atoms with Gasteiger partial charge in [-0.05, 0) is 55.5 Å². The number of benzene rings is 2. The summed E-state index contributed by atoms with van der Waals surface area (Å²) < 4.78 is 27.8. The Hall–Kier alpha value is -2.18. The maximum atomic E-state index is 12.6. The van der Waals surface area contributed by atoms with Gasteiger partial charge in [0.2, 0.25) is 15.9 Å². The average Bonchev–Trinajstić information content (AvgIpc) is 2.62. The van der Waals surface area contributed by atoms with E-state index in [9.17, 15) is 13.2 Å². The molecule has 2 aromatic rings. The number of aryl methyl sites for hydroxylation is 2. The molecule has 0 spiro atoms. The molecule has 1 heterocycles. The molecule has 0 saturated heterocycles. The van der Waals surface area contributed by atoms with E-state index in [4.69, 9.17) is 0 Å². The molecular formula is C20H24N2O3S. The van der Waals surface area contributed by atoms with Gasteiger partial charge in [-0.3, -0.25) is 4.79 Å². The van der Waals surface area contributed by atoms with Crippen molar-refractivity contribution in [3.63, 3.8) is 0 Å². The standard InChI is InChI=1S/C20H24N2O3S/c1-15-5-7-17(8-6-15)11-12-21-26(24,25)19-9-10-20-18(14-19)4-3-13-22(20)16(2)23/h5-10,14,21H,3-4,11-13H2,1-2H3. The van der Waals surface area contributed by atoms with Gasteiger partial charge in [-0.15, -0.1) is 0 Å². The van der Waals surface area contributed by atoms with E-state index in [1.165, 1.54) is 12.5 Å². The summed E-state index contributed by atoms with van der Waals surface area (Å²) in [5, 5.41) is 0. The largest absolute Gasteiger partial charge is 0.312 e. The fraction of sp³-hybridized carbons (Fsp3) is 0.350. The summed E-state index contributed by atoms with van der Waals surface area (Å²) in [6.45, 7) is 4.59. The van der Waals surface area contributed by atoms with Crippen LogP contribution in [0, 0.1) is 6.92 Å². The lowest BCUT2D eigenvalue weighted by Crippen LogP contribution is -2.33. The molecule has 1 amide bonds. The number of hydrogen-bond acceptors (Lipinski definition) is 3. The molecule has 6 heteroatoms. The number of nitrogens with one attached hydrogen (secondary N) is 1. The molecule has 0 saturated carbocycles. The van der Waals surface area contributed by atoms with Crippen LogP contribution in [0.2, 0.25) is 0 Å². The highest BCUT2D eigenvalue weighted by molar-refractivity contribution is 7.89. The molecule has 0 fully saturated rings. The van der Waals surface area contributed by atoms with E-state index in [-0.39, 0.29) is 10.8 Å². The van der Waals surface area contributed by atoms with Gasteiger partial charge in [0.05, 0.1) is 4.90 Å². The molecule has 0 aliphatic carbocycles. The Morgan fingerprint density at radius 2 is 1.88 bits per heavy atom. The molecule has 0 unspecified atom stereocenters. The predicted octanol–water partition coefficient (Wildman–Crippen LogP) is 2.82. The molecule has 26 heavy (non-hydrogen) atoms. The third kappa shape index (κ3) is 4.14. The van der Waals surface area contributed by atoms with Gasteiger partial charge in [0, 0.05) is 25.7 Å². The zero-order valence-electron chi connectivity index (χ0n) is 15.2. The van der Waals surface area contributed by atoms with Crippen LogP contribution in [-0.4, -0.2) is 27.4 Å². The Bertz CT molecular complexity index is 905. The lowest BCUT2D eigenvalue weighted by Gasteiger charge is -2.28. The smallest absolute Gasteiger partial charge is 0.240 e. The second kappa shape index (κ2) is 7.60. The lowest BCUT2D eigenvalue weighted by molar-refractivity contribution is -0.116. The number of nitrogens with zero attached hydrogens (tertiary/aromatic N) is 1. The molecule has 1 N–H and O–H groups in total. The molecule has 0 bridgehead atoms. The summed E-state index contributed by atoms with van der Waals surface area (Å²) in [5.41, 5.74) is 4.01. The van der Waals surface area contributed by atoms with Crippen LogP contribution in [0.3, 0.4) is 0 Å². The Morgan fingerprint density at radius 3 is 2.58 bits per heavy atom. The maximum absolute atomic E-state index is 12.6. The molecule has 5 nitrogen and oxygen atoms in total. The SMILES string of the molecule is CC(=O)N1CCCc2cc(S(=O)(=O)NCCc3ccc(C)cc3)ccc21. The fourth-order valence-electron chi connectivity index (χ4n) is 3.24. The number of fused-ring (bicyclic) bond motifs is 1. The third-order valence-electron chi connectivity index (χ3n) is 4.69. The Morgan fingerprint density at radius 1 is 1.15 bits per heavy atom. The first-order chi connectivity index (χ1) is 12.4. The highest BCUT2D eigenvalue weighted by atomic mass is 32.2. The van der Waals surface area contributed by atoms with Crippen molar-refractivity contribution in [3.8, 4) is 0 Å². The number of amides is 1. The summed E-state index contributed by atoms with van der Waals surface area (Å²) in [6.07, 6.45) is 2.27. The highest BCUT2D eigenvalue weighted by Gasteiger charge is 2.22. The van der Waals surface area contributed by atoms with E-state index in [1.54, 1.807) is 23.1 Å². The number of sulfonamides is 1. The van der Waals surface area contributed by atoms with E-state index in [1.807, 2.05) is 31.2 Å². The van der Waals surface area contributed by atoms with Crippen LogP contribution >= 0.6 is 0 Å². The van der Waals surface area contributed by atoms with Gasteiger partial charge < -0.3 is 4.90 Å². The average molecular weight is 372 g/mol. The number of carbonyl (C=O) groups excluding carboxylic acids is 1. The van der Waals surface area contributed by atoms with E-state index in [0.717, 1.165) is 29.7 Å². The first kappa shape index (κ1) is 18.6. The lowest BCUT2D eigenvalue weighted by atomic mass is 10.0. The minimum atomic E-state index is -3.56. The van der Waals surface area contributed by atoms with Crippen molar-refractivity contribution in [1.29, 1.82) is 0 Å². The van der Waals surface area contributed by atoms with Crippen molar-refractivity contribution in [2.75, 3.05) is 18.0 Å². The van der Waals surface area contributed by atoms with Gasteiger partial charge >= 0.3 is 0 Å². The van der Waals surface area contributed by atoms with E-state index in [0.29, 0.717) is 19.5 Å². The number of carbonyl (C=O) groups is 1. The van der Waals surface area contributed by atoms with Crippen LogP contribution < -0.4 is 9.62 Å². The van der Waals surface area contributed by atoms with E-state index >= 15 is 0 Å². The third-order valence-corrected chi connectivity index (χ3v) is 6.15. The highest BCUT2D eigenvalue weighted by Crippen LogP contribution is 2.29. The van der Waals surface area contributed by atoms with Crippen molar-refractivity contribution in [3.05, 3.63) is 59.2 Å².